The first kappa shape index (κ1) is 18.9. The normalized spacial score (nSPS) is 10.6. The second kappa shape index (κ2) is 7.41. The van der Waals surface area contributed by atoms with Crippen LogP contribution in [0, 0.1) is 17.5 Å². The fraction of sp³-hybridized carbons (Fsp3) is 0.118. The van der Waals surface area contributed by atoms with Crippen molar-refractivity contribution in [2.75, 3.05) is 6.61 Å². The fourth-order valence-corrected chi connectivity index (χ4v) is 2.54. The van der Waals surface area contributed by atoms with E-state index in [9.17, 15) is 22.8 Å². The van der Waals surface area contributed by atoms with E-state index >= 15 is 0 Å². The number of esters is 1. The molecule has 0 bridgehead atoms. The summed E-state index contributed by atoms with van der Waals surface area (Å²) in [7, 11) is 0. The van der Waals surface area contributed by atoms with Crippen molar-refractivity contribution in [2.45, 2.75) is 6.92 Å². The molecule has 0 radical (unpaired) electrons. The summed E-state index contributed by atoms with van der Waals surface area (Å²) in [5, 5.41) is 2.69. The van der Waals surface area contributed by atoms with Crippen LogP contribution in [-0.2, 0) is 4.74 Å². The predicted octanol–water partition coefficient (Wildman–Crippen LogP) is 3.92. The Bertz CT molecular complexity index is 1220. The molecule has 0 spiro atoms. The molecular formula is C17H10F3N5O3. The van der Waals surface area contributed by atoms with Crippen LogP contribution in [0.2, 0.25) is 0 Å². The lowest BCUT2D eigenvalue weighted by atomic mass is 10.1. The summed E-state index contributed by atoms with van der Waals surface area (Å²) in [6, 6.07) is 3.29. The maximum Gasteiger partial charge on any atom is 0.343 e. The minimum atomic E-state index is -1.12. The van der Waals surface area contributed by atoms with E-state index in [1.54, 1.807) is 0 Å². The molecule has 0 unspecified atom stereocenters. The molecule has 0 saturated heterocycles. The monoisotopic (exact) mass is 389 g/mol. The van der Waals surface area contributed by atoms with Gasteiger partial charge in [-0.1, -0.05) is 0 Å². The van der Waals surface area contributed by atoms with Crippen LogP contribution in [0.25, 0.3) is 27.2 Å². The third kappa shape index (κ3) is 3.26. The summed E-state index contributed by atoms with van der Waals surface area (Å²) in [5.74, 6) is -4.70. The number of hydrogen-bond acceptors (Lipinski definition) is 5. The molecule has 28 heavy (non-hydrogen) atoms. The molecular weight excluding hydrogens is 379 g/mol. The Hall–Kier alpha value is -3.85. The lowest BCUT2D eigenvalue weighted by Crippen LogP contribution is -2.21. The first-order valence-electron chi connectivity index (χ1n) is 7.81. The average Bonchev–Trinajstić information content (AvgIpc) is 2.64. The number of nitrogens with zero attached hydrogens (tertiary/aromatic N) is 5. The summed E-state index contributed by atoms with van der Waals surface area (Å²) in [6.07, 6.45) is 0.948. The van der Waals surface area contributed by atoms with Crippen molar-refractivity contribution < 1.29 is 22.7 Å². The zero-order chi connectivity index (χ0) is 20.4. The number of rotatable bonds is 4. The highest BCUT2D eigenvalue weighted by molar-refractivity contribution is 5.93. The Kier molecular flexibility index (Phi) is 5.01. The molecule has 8 nitrogen and oxygen atoms in total. The summed E-state index contributed by atoms with van der Waals surface area (Å²) in [4.78, 5) is 30.9. The van der Waals surface area contributed by atoms with E-state index in [0.29, 0.717) is 6.07 Å². The molecule has 0 N–H and O–H groups in total. The van der Waals surface area contributed by atoms with Crippen LogP contribution in [0.1, 0.15) is 17.3 Å². The van der Waals surface area contributed by atoms with Crippen molar-refractivity contribution in [2.24, 2.45) is 5.11 Å². The maximum atomic E-state index is 14.3. The van der Waals surface area contributed by atoms with Gasteiger partial charge < -0.3 is 4.74 Å². The molecule has 0 amide bonds. The number of hydrogen-bond donors (Lipinski definition) is 0. The highest BCUT2D eigenvalue weighted by atomic mass is 19.1. The van der Waals surface area contributed by atoms with Gasteiger partial charge in [-0.25, -0.2) is 22.9 Å². The Balaban J connectivity index is 2.46. The van der Waals surface area contributed by atoms with E-state index in [0.717, 1.165) is 29.0 Å². The second-order valence-corrected chi connectivity index (χ2v) is 5.41. The van der Waals surface area contributed by atoms with E-state index in [1.165, 1.54) is 6.92 Å². The third-order valence-corrected chi connectivity index (χ3v) is 3.72. The molecule has 0 aliphatic carbocycles. The van der Waals surface area contributed by atoms with Crippen LogP contribution >= 0.6 is 0 Å². The van der Waals surface area contributed by atoms with Crippen molar-refractivity contribution in [1.82, 2.24) is 9.55 Å². The highest BCUT2D eigenvalue weighted by Crippen LogP contribution is 2.24. The molecule has 0 saturated carbocycles. The zero-order valence-corrected chi connectivity index (χ0v) is 14.2. The van der Waals surface area contributed by atoms with E-state index in [-0.39, 0.29) is 23.3 Å². The van der Waals surface area contributed by atoms with Crippen molar-refractivity contribution in [3.8, 4) is 5.69 Å². The van der Waals surface area contributed by atoms with Gasteiger partial charge in [0.15, 0.2) is 11.6 Å². The largest absolute Gasteiger partial charge is 0.462 e. The molecule has 0 atom stereocenters. The second-order valence-electron chi connectivity index (χ2n) is 5.41. The molecule has 3 rings (SSSR count). The van der Waals surface area contributed by atoms with Crippen LogP contribution in [0.4, 0.5) is 19.0 Å². The summed E-state index contributed by atoms with van der Waals surface area (Å²) >= 11 is 0. The van der Waals surface area contributed by atoms with Crippen molar-refractivity contribution in [1.29, 1.82) is 0 Å². The van der Waals surface area contributed by atoms with Crippen LogP contribution in [0.3, 0.4) is 0 Å². The first-order chi connectivity index (χ1) is 13.4. The Morgan fingerprint density at radius 1 is 1.29 bits per heavy atom. The minimum Gasteiger partial charge on any atom is -0.462 e. The van der Waals surface area contributed by atoms with Crippen LogP contribution in [0.5, 0.6) is 0 Å². The van der Waals surface area contributed by atoms with Gasteiger partial charge in [0.1, 0.15) is 22.8 Å². The third-order valence-electron chi connectivity index (χ3n) is 3.72. The topological polar surface area (TPSA) is 110 Å². The number of ether oxygens (including phenoxy) is 1. The van der Waals surface area contributed by atoms with Gasteiger partial charge in [-0.2, -0.15) is 0 Å². The summed E-state index contributed by atoms with van der Waals surface area (Å²) in [6.45, 7) is 1.48. The minimum absolute atomic E-state index is 0.0380. The molecule has 0 fully saturated rings. The molecule has 2 aromatic heterocycles. The zero-order valence-electron chi connectivity index (χ0n) is 14.2. The van der Waals surface area contributed by atoms with Gasteiger partial charge >= 0.3 is 5.97 Å². The number of aromatic nitrogens is 2. The van der Waals surface area contributed by atoms with E-state index in [2.05, 4.69) is 15.0 Å². The number of azide groups is 1. The predicted molar refractivity (Wildman–Crippen MR) is 92.0 cm³/mol. The van der Waals surface area contributed by atoms with Gasteiger partial charge in [-0.15, -0.1) is 0 Å². The fourth-order valence-electron chi connectivity index (χ4n) is 2.54. The lowest BCUT2D eigenvalue weighted by Gasteiger charge is -2.14. The van der Waals surface area contributed by atoms with Gasteiger partial charge in [0.2, 0.25) is 5.43 Å². The van der Waals surface area contributed by atoms with Gasteiger partial charge in [0.05, 0.1) is 17.7 Å². The van der Waals surface area contributed by atoms with E-state index < -0.39 is 40.2 Å². The lowest BCUT2D eigenvalue weighted by molar-refractivity contribution is 0.0524. The van der Waals surface area contributed by atoms with Crippen molar-refractivity contribution in [3.63, 3.8) is 0 Å². The Morgan fingerprint density at radius 2 is 2.04 bits per heavy atom. The number of carbonyl (C=O) groups is 1. The Morgan fingerprint density at radius 3 is 2.68 bits per heavy atom. The van der Waals surface area contributed by atoms with Crippen LogP contribution in [-0.4, -0.2) is 22.1 Å². The van der Waals surface area contributed by atoms with Crippen molar-refractivity contribution >= 4 is 22.8 Å². The summed E-state index contributed by atoms with van der Waals surface area (Å²) in [5.41, 5.74) is 6.54. The molecule has 142 valence electrons. The van der Waals surface area contributed by atoms with E-state index in [1.807, 2.05) is 0 Å². The van der Waals surface area contributed by atoms with Crippen molar-refractivity contribution in [3.05, 3.63) is 74.1 Å². The molecule has 11 heteroatoms. The van der Waals surface area contributed by atoms with Crippen LogP contribution in [0.15, 0.2) is 40.4 Å². The SMILES string of the molecule is CCOC(=O)c1cn(-c2ccc(F)cc2F)c2nc(N=[N+]=[N-])c(F)cc2c1=O. The standard InChI is InChI=1S/C17H10F3N5O3/c1-2-28-17(27)10-7-25(13-4-3-8(18)5-11(13)19)16-9(14(10)26)6-12(20)15(22-16)23-24-21/h3-7H,2H2,1H3. The van der Waals surface area contributed by atoms with Gasteiger partial charge in [0.25, 0.3) is 0 Å². The van der Waals surface area contributed by atoms with Gasteiger partial charge in [-0.3, -0.25) is 9.36 Å². The Labute approximate surface area is 154 Å². The van der Waals surface area contributed by atoms with Gasteiger partial charge in [0, 0.05) is 17.2 Å². The average molecular weight is 389 g/mol. The molecule has 0 aliphatic heterocycles. The first-order valence-corrected chi connectivity index (χ1v) is 7.81. The number of carbonyl (C=O) groups excluding carboxylic acids is 1. The summed E-state index contributed by atoms with van der Waals surface area (Å²) < 4.78 is 47.5. The smallest absolute Gasteiger partial charge is 0.343 e. The molecule has 0 aliphatic rings. The van der Waals surface area contributed by atoms with E-state index in [4.69, 9.17) is 10.3 Å². The number of halogens is 3. The highest BCUT2D eigenvalue weighted by Gasteiger charge is 2.21. The molecule has 3 aromatic rings. The number of pyridine rings is 2. The number of fused-ring (bicyclic) bond motifs is 1. The quantitative estimate of drug-likeness (QED) is 0.291. The van der Waals surface area contributed by atoms with Crippen LogP contribution < -0.4 is 5.43 Å². The van der Waals surface area contributed by atoms with Gasteiger partial charge in [-0.05, 0) is 35.8 Å². The molecule has 2 heterocycles. The molecule has 1 aromatic carbocycles. The number of benzene rings is 1. The maximum absolute atomic E-state index is 14.3.